The summed E-state index contributed by atoms with van der Waals surface area (Å²) >= 11 is -2.53. The van der Waals surface area contributed by atoms with Crippen LogP contribution >= 0.6 is 0 Å². The molecular weight excluding hydrogens is 180 g/mol. The van der Waals surface area contributed by atoms with Gasteiger partial charge in [0, 0.05) is 10.5 Å². The van der Waals surface area contributed by atoms with Gasteiger partial charge in [-0.25, -0.2) is 0 Å². The van der Waals surface area contributed by atoms with Gasteiger partial charge in [-0.3, -0.25) is 4.21 Å². The summed E-state index contributed by atoms with van der Waals surface area (Å²) in [6.07, 6.45) is 0. The van der Waals surface area contributed by atoms with Gasteiger partial charge in [0.2, 0.25) is 0 Å². The van der Waals surface area contributed by atoms with Crippen LogP contribution in [0, 0.1) is 0 Å². The zero-order chi connectivity index (χ0) is 9.14. The highest BCUT2D eigenvalue weighted by Gasteiger charge is 2.01. The molecule has 5 heteroatoms. The Hall–Kier alpha value is -1.20. The minimum Gasteiger partial charge on any atom is -0.768 e. The Kier molecular flexibility index (Phi) is 2.57. The first-order chi connectivity index (χ1) is 5.63. The molecule has 12 heavy (non-hydrogen) atoms. The molecule has 0 radical (unpaired) electrons. The SMILES string of the molecule is O=C([O-])c1ccccc1S(=O)[O-]. The van der Waals surface area contributed by atoms with E-state index in [4.69, 9.17) is 0 Å². The monoisotopic (exact) mass is 184 g/mol. The summed E-state index contributed by atoms with van der Waals surface area (Å²) in [5, 5.41) is 10.3. The number of aromatic carboxylic acids is 1. The van der Waals surface area contributed by atoms with E-state index in [0.29, 0.717) is 0 Å². The van der Waals surface area contributed by atoms with Gasteiger partial charge < -0.3 is 14.5 Å². The molecule has 0 aliphatic carbocycles. The topological polar surface area (TPSA) is 80.3 Å². The van der Waals surface area contributed by atoms with Crippen molar-refractivity contribution >= 4 is 17.0 Å². The highest BCUT2D eigenvalue weighted by Crippen LogP contribution is 2.10. The third-order valence-electron chi connectivity index (χ3n) is 1.29. The highest BCUT2D eigenvalue weighted by molar-refractivity contribution is 7.79. The molecule has 0 aromatic heterocycles. The fraction of sp³-hybridized carbons (Fsp3) is 0. The molecule has 0 saturated carbocycles. The Labute approximate surface area is 71.1 Å². The average Bonchev–Trinajstić information content (AvgIpc) is 2.04. The normalized spacial score (nSPS) is 12.4. The van der Waals surface area contributed by atoms with Gasteiger partial charge in [0.1, 0.15) is 0 Å². The Balaban J connectivity index is 3.27. The molecule has 1 unspecified atom stereocenters. The lowest BCUT2D eigenvalue weighted by molar-refractivity contribution is -0.255. The van der Waals surface area contributed by atoms with Crippen molar-refractivity contribution in [1.82, 2.24) is 0 Å². The summed E-state index contributed by atoms with van der Waals surface area (Å²) in [6, 6.07) is 5.26. The summed E-state index contributed by atoms with van der Waals surface area (Å²) in [6.45, 7) is 0. The molecular formula is C7H4O4S-2. The van der Waals surface area contributed by atoms with Gasteiger partial charge in [-0.1, -0.05) is 18.2 Å². The van der Waals surface area contributed by atoms with Gasteiger partial charge in [0.25, 0.3) is 0 Å². The van der Waals surface area contributed by atoms with Gasteiger partial charge in [-0.2, -0.15) is 0 Å². The van der Waals surface area contributed by atoms with Crippen LogP contribution in [0.2, 0.25) is 0 Å². The highest BCUT2D eigenvalue weighted by atomic mass is 32.2. The first kappa shape index (κ1) is 8.89. The summed E-state index contributed by atoms with van der Waals surface area (Å²) in [4.78, 5) is 10.1. The molecule has 0 bridgehead atoms. The maximum atomic E-state index is 10.4. The van der Waals surface area contributed by atoms with Crippen LogP contribution in [0.5, 0.6) is 0 Å². The lowest BCUT2D eigenvalue weighted by Crippen LogP contribution is -2.23. The molecule has 0 amide bonds. The number of rotatable bonds is 2. The van der Waals surface area contributed by atoms with Crippen molar-refractivity contribution in [1.29, 1.82) is 0 Å². The second-order valence-corrected chi connectivity index (χ2v) is 2.93. The van der Waals surface area contributed by atoms with Crippen LogP contribution in [0.4, 0.5) is 0 Å². The van der Waals surface area contributed by atoms with E-state index in [0.717, 1.165) is 0 Å². The number of carboxylic acid groups (broad SMARTS) is 1. The Morgan fingerprint density at radius 1 is 1.33 bits per heavy atom. The predicted molar refractivity (Wildman–Crippen MR) is 38.0 cm³/mol. The quantitative estimate of drug-likeness (QED) is 0.568. The van der Waals surface area contributed by atoms with Gasteiger partial charge in [0.15, 0.2) is 0 Å². The number of hydrogen-bond donors (Lipinski definition) is 0. The van der Waals surface area contributed by atoms with Gasteiger partial charge in [-0.15, -0.1) is 0 Å². The first-order valence-corrected chi connectivity index (χ1v) is 4.10. The van der Waals surface area contributed by atoms with Crippen LogP contribution in [0.1, 0.15) is 10.4 Å². The van der Waals surface area contributed by atoms with Crippen LogP contribution < -0.4 is 5.11 Å². The molecule has 1 rings (SSSR count). The Bertz CT molecular complexity index is 301. The predicted octanol–water partition coefficient (Wildman–Crippen LogP) is -0.712. The lowest BCUT2D eigenvalue weighted by Gasteiger charge is -2.11. The van der Waals surface area contributed by atoms with Crippen molar-refractivity contribution in [2.24, 2.45) is 0 Å². The molecule has 64 valence electrons. The number of hydrogen-bond acceptors (Lipinski definition) is 4. The van der Waals surface area contributed by atoms with Crippen LogP contribution in [0.15, 0.2) is 29.2 Å². The molecule has 1 aromatic rings. The summed E-state index contributed by atoms with van der Waals surface area (Å²) in [5.74, 6) is -1.49. The van der Waals surface area contributed by atoms with Crippen LogP contribution in [0.3, 0.4) is 0 Å². The molecule has 4 nitrogen and oxygen atoms in total. The van der Waals surface area contributed by atoms with Crippen LogP contribution in [0.25, 0.3) is 0 Å². The van der Waals surface area contributed by atoms with E-state index < -0.39 is 17.0 Å². The number of carbonyl (C=O) groups is 1. The molecule has 0 saturated heterocycles. The van der Waals surface area contributed by atoms with E-state index >= 15 is 0 Å². The Morgan fingerprint density at radius 2 is 1.92 bits per heavy atom. The second-order valence-electron chi connectivity index (χ2n) is 2.02. The van der Waals surface area contributed by atoms with Crippen molar-refractivity contribution < 1.29 is 18.7 Å². The number of carboxylic acids is 1. The molecule has 0 N–H and O–H groups in total. The van der Waals surface area contributed by atoms with Crippen molar-refractivity contribution in [3.05, 3.63) is 29.8 Å². The average molecular weight is 184 g/mol. The summed E-state index contributed by atoms with van der Waals surface area (Å²) in [5.41, 5.74) is -0.314. The summed E-state index contributed by atoms with van der Waals surface area (Å²) < 4.78 is 20.9. The van der Waals surface area contributed by atoms with E-state index in [1.165, 1.54) is 24.3 Å². The van der Waals surface area contributed by atoms with E-state index in [2.05, 4.69) is 0 Å². The lowest BCUT2D eigenvalue weighted by atomic mass is 10.2. The Morgan fingerprint density at radius 3 is 2.33 bits per heavy atom. The zero-order valence-corrected chi connectivity index (χ0v) is 6.67. The number of benzene rings is 1. The largest absolute Gasteiger partial charge is 0.768 e. The molecule has 0 heterocycles. The van der Waals surface area contributed by atoms with Gasteiger partial charge in [0.05, 0.1) is 5.97 Å². The standard InChI is InChI=1S/C7H6O4S/c8-7(9)5-3-1-2-4-6(5)12(10)11/h1-4H,(H,8,9)(H,10,11)/p-2. The van der Waals surface area contributed by atoms with E-state index in [1.807, 2.05) is 0 Å². The fourth-order valence-electron chi connectivity index (χ4n) is 0.781. The molecule has 1 atom stereocenters. The fourth-order valence-corrected chi connectivity index (χ4v) is 1.30. The third kappa shape index (κ3) is 1.69. The second kappa shape index (κ2) is 3.46. The molecule has 0 fully saturated rings. The van der Waals surface area contributed by atoms with Gasteiger partial charge in [-0.05, 0) is 17.1 Å². The van der Waals surface area contributed by atoms with Crippen molar-refractivity contribution in [3.63, 3.8) is 0 Å². The minimum atomic E-state index is -2.53. The van der Waals surface area contributed by atoms with Crippen molar-refractivity contribution in [2.75, 3.05) is 0 Å². The smallest absolute Gasteiger partial charge is 0.0727 e. The molecule has 0 spiro atoms. The minimum absolute atomic E-state index is 0.252. The van der Waals surface area contributed by atoms with Crippen LogP contribution in [-0.2, 0) is 11.1 Å². The van der Waals surface area contributed by atoms with E-state index in [-0.39, 0.29) is 10.5 Å². The maximum Gasteiger partial charge on any atom is 0.0727 e. The zero-order valence-electron chi connectivity index (χ0n) is 5.85. The van der Waals surface area contributed by atoms with Gasteiger partial charge >= 0.3 is 0 Å². The maximum absolute atomic E-state index is 10.4. The van der Waals surface area contributed by atoms with E-state index in [9.17, 15) is 18.7 Å². The third-order valence-corrected chi connectivity index (χ3v) is 2.00. The summed E-state index contributed by atoms with van der Waals surface area (Å²) in [7, 11) is 0. The van der Waals surface area contributed by atoms with Crippen molar-refractivity contribution in [3.8, 4) is 0 Å². The molecule has 0 aliphatic rings. The number of carbonyl (C=O) groups excluding carboxylic acids is 1. The van der Waals surface area contributed by atoms with Crippen LogP contribution in [-0.4, -0.2) is 14.7 Å². The van der Waals surface area contributed by atoms with E-state index in [1.54, 1.807) is 0 Å². The van der Waals surface area contributed by atoms with Crippen molar-refractivity contribution in [2.45, 2.75) is 4.90 Å². The molecule has 1 aromatic carbocycles. The first-order valence-electron chi connectivity index (χ1n) is 3.02. The molecule has 0 aliphatic heterocycles.